The van der Waals surface area contributed by atoms with Gasteiger partial charge in [-0.15, -0.1) is 0 Å². The number of non-ortho nitro benzene ring substituents is 1. The first-order chi connectivity index (χ1) is 8.45. The summed E-state index contributed by atoms with van der Waals surface area (Å²) in [4.78, 5) is 21.7. The zero-order valence-electron chi connectivity index (χ0n) is 9.49. The first kappa shape index (κ1) is 11.7. The van der Waals surface area contributed by atoms with Gasteiger partial charge in [-0.1, -0.05) is 0 Å². The van der Waals surface area contributed by atoms with E-state index in [-0.39, 0.29) is 23.4 Å². The molecule has 0 radical (unpaired) electrons. The number of aryl methyl sites for hydroxylation is 1. The fourth-order valence-corrected chi connectivity index (χ4v) is 1.54. The summed E-state index contributed by atoms with van der Waals surface area (Å²) in [5, 5.41) is 10.8. The maximum atomic E-state index is 10.8. The van der Waals surface area contributed by atoms with E-state index in [9.17, 15) is 10.1 Å². The molecule has 0 unspecified atom stereocenters. The van der Waals surface area contributed by atoms with Gasteiger partial charge in [-0.25, -0.2) is 0 Å². The lowest BCUT2D eigenvalue weighted by molar-refractivity contribution is -0.384. The van der Waals surface area contributed by atoms with Crippen LogP contribution in [0.5, 0.6) is 0 Å². The van der Waals surface area contributed by atoms with E-state index in [2.05, 4.69) is 15.0 Å². The summed E-state index contributed by atoms with van der Waals surface area (Å²) in [6.07, 6.45) is 0. The van der Waals surface area contributed by atoms with Gasteiger partial charge in [-0.2, -0.15) is 15.0 Å². The highest BCUT2D eigenvalue weighted by atomic mass is 16.6. The molecule has 1 aromatic heterocycles. The number of nitrogen functional groups attached to an aromatic ring is 2. The Bertz CT molecular complexity index is 608. The van der Waals surface area contributed by atoms with Crippen molar-refractivity contribution in [3.05, 3.63) is 33.9 Å². The Hall–Kier alpha value is -2.77. The Labute approximate surface area is 102 Å². The SMILES string of the molecule is Cc1cc(-c2nc(N)nc(N)n2)cc([N+](=O)[O-])c1. The molecule has 1 heterocycles. The summed E-state index contributed by atoms with van der Waals surface area (Å²) in [6, 6.07) is 4.53. The number of benzene rings is 1. The standard InChI is InChI=1S/C10H10N6O2/c1-5-2-6(4-7(3-5)16(17)18)8-13-9(11)15-10(12)14-8/h2-4H,1H3,(H4,11,12,13,14,15). The largest absolute Gasteiger partial charge is 0.368 e. The van der Waals surface area contributed by atoms with Crippen LogP contribution >= 0.6 is 0 Å². The van der Waals surface area contributed by atoms with E-state index in [1.165, 1.54) is 12.1 Å². The van der Waals surface area contributed by atoms with Crippen molar-refractivity contribution in [2.24, 2.45) is 0 Å². The van der Waals surface area contributed by atoms with Gasteiger partial charge in [0.25, 0.3) is 5.69 Å². The van der Waals surface area contributed by atoms with Crippen molar-refractivity contribution < 1.29 is 4.92 Å². The van der Waals surface area contributed by atoms with E-state index in [0.717, 1.165) is 5.56 Å². The number of nitrogens with zero attached hydrogens (tertiary/aromatic N) is 4. The molecule has 0 fully saturated rings. The number of rotatable bonds is 2. The Morgan fingerprint density at radius 2 is 1.72 bits per heavy atom. The van der Waals surface area contributed by atoms with Gasteiger partial charge in [0.2, 0.25) is 11.9 Å². The molecule has 18 heavy (non-hydrogen) atoms. The highest BCUT2D eigenvalue weighted by Crippen LogP contribution is 2.23. The van der Waals surface area contributed by atoms with Crippen LogP contribution in [0.3, 0.4) is 0 Å². The number of hydrogen-bond donors (Lipinski definition) is 2. The van der Waals surface area contributed by atoms with Crippen LogP contribution in [0.25, 0.3) is 11.4 Å². The average molecular weight is 246 g/mol. The lowest BCUT2D eigenvalue weighted by Crippen LogP contribution is -2.04. The van der Waals surface area contributed by atoms with Crippen LogP contribution < -0.4 is 11.5 Å². The fourth-order valence-electron chi connectivity index (χ4n) is 1.54. The van der Waals surface area contributed by atoms with Crippen LogP contribution in [-0.2, 0) is 0 Å². The van der Waals surface area contributed by atoms with Crippen molar-refractivity contribution in [2.75, 3.05) is 11.5 Å². The minimum absolute atomic E-state index is 0.0262. The molecular weight excluding hydrogens is 236 g/mol. The van der Waals surface area contributed by atoms with Crippen molar-refractivity contribution in [3.63, 3.8) is 0 Å². The van der Waals surface area contributed by atoms with Crippen LogP contribution in [0.4, 0.5) is 17.6 Å². The number of nitrogens with two attached hydrogens (primary N) is 2. The van der Waals surface area contributed by atoms with Gasteiger partial charge in [-0.3, -0.25) is 10.1 Å². The molecular formula is C10H10N6O2. The van der Waals surface area contributed by atoms with E-state index in [1.807, 2.05) is 0 Å². The second-order valence-electron chi connectivity index (χ2n) is 3.69. The van der Waals surface area contributed by atoms with Crippen molar-refractivity contribution >= 4 is 17.6 Å². The Morgan fingerprint density at radius 3 is 2.28 bits per heavy atom. The normalized spacial score (nSPS) is 10.3. The number of nitro groups is 1. The highest BCUT2D eigenvalue weighted by molar-refractivity contribution is 5.62. The summed E-state index contributed by atoms with van der Waals surface area (Å²) in [5.41, 5.74) is 12.1. The Balaban J connectivity index is 2.59. The summed E-state index contributed by atoms with van der Waals surface area (Å²) >= 11 is 0. The summed E-state index contributed by atoms with van der Waals surface area (Å²) in [7, 11) is 0. The highest BCUT2D eigenvalue weighted by Gasteiger charge is 2.12. The van der Waals surface area contributed by atoms with E-state index < -0.39 is 4.92 Å². The number of nitro benzene ring substituents is 1. The third-order valence-corrected chi connectivity index (χ3v) is 2.20. The molecule has 8 nitrogen and oxygen atoms in total. The average Bonchev–Trinajstić information content (AvgIpc) is 2.26. The number of hydrogen-bond acceptors (Lipinski definition) is 7. The molecule has 92 valence electrons. The molecule has 4 N–H and O–H groups in total. The van der Waals surface area contributed by atoms with E-state index in [1.54, 1.807) is 13.0 Å². The predicted octanol–water partition coefficient (Wildman–Crippen LogP) is 0.920. The molecule has 0 bridgehead atoms. The zero-order valence-corrected chi connectivity index (χ0v) is 9.49. The molecule has 0 aliphatic carbocycles. The molecule has 0 atom stereocenters. The Kier molecular flexibility index (Phi) is 2.76. The lowest BCUT2D eigenvalue weighted by Gasteiger charge is -2.03. The van der Waals surface area contributed by atoms with Gasteiger partial charge < -0.3 is 11.5 Å². The summed E-state index contributed by atoms with van der Waals surface area (Å²) in [6.45, 7) is 1.74. The molecule has 1 aromatic carbocycles. The number of aromatic nitrogens is 3. The van der Waals surface area contributed by atoms with Gasteiger partial charge >= 0.3 is 0 Å². The molecule has 0 aliphatic rings. The van der Waals surface area contributed by atoms with Crippen molar-refractivity contribution in [2.45, 2.75) is 6.92 Å². The van der Waals surface area contributed by atoms with Crippen LogP contribution in [0.15, 0.2) is 18.2 Å². The second kappa shape index (κ2) is 4.24. The van der Waals surface area contributed by atoms with Crippen LogP contribution in [-0.4, -0.2) is 19.9 Å². The Morgan fingerprint density at radius 1 is 1.11 bits per heavy atom. The van der Waals surface area contributed by atoms with Crippen LogP contribution in [0.2, 0.25) is 0 Å². The van der Waals surface area contributed by atoms with Gasteiger partial charge in [0.15, 0.2) is 5.82 Å². The van der Waals surface area contributed by atoms with Gasteiger partial charge in [0.1, 0.15) is 0 Å². The maximum absolute atomic E-state index is 10.8. The first-order valence-electron chi connectivity index (χ1n) is 4.99. The first-order valence-corrected chi connectivity index (χ1v) is 4.99. The number of anilines is 2. The molecule has 2 rings (SSSR count). The van der Waals surface area contributed by atoms with Gasteiger partial charge in [0.05, 0.1) is 4.92 Å². The molecule has 0 aliphatic heterocycles. The monoisotopic (exact) mass is 246 g/mol. The third kappa shape index (κ3) is 2.32. The van der Waals surface area contributed by atoms with Crippen LogP contribution in [0.1, 0.15) is 5.56 Å². The minimum atomic E-state index is -0.482. The molecule has 0 saturated carbocycles. The second-order valence-corrected chi connectivity index (χ2v) is 3.69. The third-order valence-electron chi connectivity index (χ3n) is 2.20. The van der Waals surface area contributed by atoms with E-state index in [4.69, 9.17) is 11.5 Å². The summed E-state index contributed by atoms with van der Waals surface area (Å²) in [5.74, 6) is 0.162. The van der Waals surface area contributed by atoms with E-state index in [0.29, 0.717) is 5.56 Å². The predicted molar refractivity (Wildman–Crippen MR) is 65.5 cm³/mol. The van der Waals surface area contributed by atoms with Crippen molar-refractivity contribution in [3.8, 4) is 11.4 Å². The quantitative estimate of drug-likeness (QED) is 0.594. The van der Waals surface area contributed by atoms with Crippen molar-refractivity contribution in [1.82, 2.24) is 15.0 Å². The van der Waals surface area contributed by atoms with Gasteiger partial charge in [0, 0.05) is 17.7 Å². The molecule has 0 spiro atoms. The zero-order chi connectivity index (χ0) is 13.3. The smallest absolute Gasteiger partial charge is 0.270 e. The van der Waals surface area contributed by atoms with Gasteiger partial charge in [-0.05, 0) is 18.6 Å². The van der Waals surface area contributed by atoms with Crippen LogP contribution in [0, 0.1) is 17.0 Å². The molecule has 0 amide bonds. The maximum Gasteiger partial charge on any atom is 0.270 e. The van der Waals surface area contributed by atoms with Crippen molar-refractivity contribution in [1.29, 1.82) is 0 Å². The summed E-state index contributed by atoms with van der Waals surface area (Å²) < 4.78 is 0. The fraction of sp³-hybridized carbons (Fsp3) is 0.100. The molecule has 8 heteroatoms. The molecule has 0 saturated heterocycles. The topological polar surface area (TPSA) is 134 Å². The minimum Gasteiger partial charge on any atom is -0.368 e. The lowest BCUT2D eigenvalue weighted by atomic mass is 10.1. The molecule has 2 aromatic rings. The van der Waals surface area contributed by atoms with E-state index >= 15 is 0 Å².